The number of carboxylic acids is 1. The molecule has 0 atom stereocenters. The van der Waals surface area contributed by atoms with Crippen LogP contribution in [0.5, 0.6) is 0 Å². The van der Waals surface area contributed by atoms with Crippen molar-refractivity contribution < 1.29 is 19.5 Å². The molecule has 0 aliphatic heterocycles. The number of hydrogen-bond donors (Lipinski definition) is 3. The lowest BCUT2D eigenvalue weighted by molar-refractivity contribution is -0.137. The Morgan fingerprint density at radius 1 is 1.28 bits per heavy atom. The first kappa shape index (κ1) is 14.2. The molecule has 2 amide bonds. The van der Waals surface area contributed by atoms with E-state index >= 15 is 0 Å². The Morgan fingerprint density at radius 3 is 2.56 bits per heavy atom. The minimum absolute atomic E-state index is 0.0644. The Labute approximate surface area is 108 Å². The van der Waals surface area contributed by atoms with Crippen LogP contribution in [0.25, 0.3) is 0 Å². The van der Waals surface area contributed by atoms with Gasteiger partial charge in [-0.25, -0.2) is 0 Å². The molecule has 0 bridgehead atoms. The Hall–Kier alpha value is -1.89. The highest BCUT2D eigenvalue weighted by Crippen LogP contribution is 2.12. The highest BCUT2D eigenvalue weighted by molar-refractivity contribution is 7.10. The first-order valence-corrected chi connectivity index (χ1v) is 6.23. The molecule has 18 heavy (non-hydrogen) atoms. The maximum Gasteiger partial charge on any atom is 0.303 e. The van der Waals surface area contributed by atoms with Crippen LogP contribution in [0.2, 0.25) is 0 Å². The zero-order valence-corrected chi connectivity index (χ0v) is 10.7. The van der Waals surface area contributed by atoms with Gasteiger partial charge in [0.25, 0.3) is 5.91 Å². The lowest BCUT2D eigenvalue weighted by Gasteiger charge is -2.05. The number of rotatable bonds is 5. The molecule has 0 aromatic carbocycles. The summed E-state index contributed by atoms with van der Waals surface area (Å²) in [4.78, 5) is 34.0. The third-order valence-electron chi connectivity index (χ3n) is 2.10. The summed E-state index contributed by atoms with van der Waals surface area (Å²) in [5, 5.41) is 10.1. The molecule has 0 unspecified atom stereocenters. The van der Waals surface area contributed by atoms with Gasteiger partial charge in [0.15, 0.2) is 0 Å². The Balaban J connectivity index is 2.26. The average molecular weight is 270 g/mol. The molecule has 1 aromatic rings. The summed E-state index contributed by atoms with van der Waals surface area (Å²) in [6, 6.07) is 1.72. The predicted octanol–water partition coefficient (Wildman–Crippen LogP) is 1.07. The smallest absolute Gasteiger partial charge is 0.303 e. The van der Waals surface area contributed by atoms with Crippen LogP contribution in [0.1, 0.15) is 34.5 Å². The van der Waals surface area contributed by atoms with E-state index in [0.717, 1.165) is 4.88 Å². The zero-order chi connectivity index (χ0) is 13.5. The molecule has 0 fully saturated rings. The van der Waals surface area contributed by atoms with Gasteiger partial charge >= 0.3 is 5.97 Å². The number of nitrogens with one attached hydrogen (secondary N) is 2. The fourth-order valence-corrected chi connectivity index (χ4v) is 1.91. The van der Waals surface area contributed by atoms with Crippen molar-refractivity contribution >= 4 is 29.1 Å². The first-order chi connectivity index (χ1) is 8.49. The largest absolute Gasteiger partial charge is 0.481 e. The van der Waals surface area contributed by atoms with Gasteiger partial charge in [-0.3, -0.25) is 25.2 Å². The maximum atomic E-state index is 11.5. The van der Waals surface area contributed by atoms with Crippen molar-refractivity contribution in [3.05, 3.63) is 21.9 Å². The summed E-state index contributed by atoms with van der Waals surface area (Å²) in [5.41, 5.74) is 5.00. The van der Waals surface area contributed by atoms with Gasteiger partial charge in [-0.05, 0) is 19.4 Å². The van der Waals surface area contributed by atoms with Crippen LogP contribution >= 0.6 is 11.3 Å². The number of aryl methyl sites for hydroxylation is 1. The lowest BCUT2D eigenvalue weighted by Crippen LogP contribution is -2.41. The molecular weight excluding hydrogens is 256 g/mol. The summed E-state index contributed by atoms with van der Waals surface area (Å²) in [6.07, 6.45) is 0.245. The van der Waals surface area contributed by atoms with E-state index in [2.05, 4.69) is 10.9 Å². The molecule has 7 heteroatoms. The van der Waals surface area contributed by atoms with Crippen molar-refractivity contribution in [1.82, 2.24) is 10.9 Å². The van der Waals surface area contributed by atoms with Crippen LogP contribution in [0, 0.1) is 6.92 Å². The predicted molar refractivity (Wildman–Crippen MR) is 66.2 cm³/mol. The minimum atomic E-state index is -0.944. The summed E-state index contributed by atoms with van der Waals surface area (Å²) < 4.78 is 0. The summed E-state index contributed by atoms with van der Waals surface area (Å²) >= 11 is 1.45. The lowest BCUT2D eigenvalue weighted by atomic mass is 10.2. The Bertz CT molecular complexity index is 456. The van der Waals surface area contributed by atoms with Crippen LogP contribution in [0.15, 0.2) is 11.4 Å². The Kier molecular flexibility index (Phi) is 5.31. The topological polar surface area (TPSA) is 95.5 Å². The van der Waals surface area contributed by atoms with Crippen LogP contribution in [0.4, 0.5) is 0 Å². The summed E-state index contributed by atoms with van der Waals surface area (Å²) in [7, 11) is 0. The number of amides is 2. The van der Waals surface area contributed by atoms with Gasteiger partial charge in [0.2, 0.25) is 5.91 Å². The van der Waals surface area contributed by atoms with E-state index in [0.29, 0.717) is 5.56 Å². The normalized spacial score (nSPS) is 9.83. The Morgan fingerprint density at radius 2 is 2.00 bits per heavy atom. The van der Waals surface area contributed by atoms with Crippen molar-refractivity contribution in [2.24, 2.45) is 0 Å². The molecule has 0 aliphatic carbocycles. The van der Waals surface area contributed by atoms with Crippen LogP contribution in [-0.4, -0.2) is 22.9 Å². The highest BCUT2D eigenvalue weighted by atomic mass is 32.1. The SMILES string of the molecule is Cc1cc(C(=O)NNC(=O)CCCC(=O)O)cs1. The zero-order valence-electron chi connectivity index (χ0n) is 9.86. The second-order valence-corrected chi connectivity index (χ2v) is 4.81. The van der Waals surface area contributed by atoms with E-state index in [9.17, 15) is 14.4 Å². The molecule has 6 nitrogen and oxygen atoms in total. The number of hydrogen-bond acceptors (Lipinski definition) is 4. The quantitative estimate of drug-likeness (QED) is 0.697. The maximum absolute atomic E-state index is 11.5. The molecule has 1 heterocycles. The molecule has 1 rings (SSSR count). The van der Waals surface area contributed by atoms with Gasteiger partial charge in [-0.15, -0.1) is 11.3 Å². The van der Waals surface area contributed by atoms with Gasteiger partial charge in [-0.1, -0.05) is 0 Å². The van der Waals surface area contributed by atoms with E-state index in [1.54, 1.807) is 11.4 Å². The van der Waals surface area contributed by atoms with E-state index in [1.807, 2.05) is 6.92 Å². The summed E-state index contributed by atoms with van der Waals surface area (Å²) in [6.45, 7) is 1.88. The standard InChI is InChI=1S/C11H14N2O4S/c1-7-5-8(6-18-7)11(17)13-12-9(14)3-2-4-10(15)16/h5-6H,2-4H2,1H3,(H,12,14)(H,13,17)(H,15,16). The average Bonchev–Trinajstić information content (AvgIpc) is 2.72. The molecule has 0 saturated carbocycles. The summed E-state index contributed by atoms with van der Waals surface area (Å²) in [5.74, 6) is -1.73. The van der Waals surface area contributed by atoms with Crippen molar-refractivity contribution in [3.8, 4) is 0 Å². The second-order valence-electron chi connectivity index (χ2n) is 3.70. The van der Waals surface area contributed by atoms with E-state index in [4.69, 9.17) is 5.11 Å². The third-order valence-corrected chi connectivity index (χ3v) is 2.96. The van der Waals surface area contributed by atoms with Crippen molar-refractivity contribution in [3.63, 3.8) is 0 Å². The number of carbonyl (C=O) groups is 3. The van der Waals surface area contributed by atoms with E-state index in [-0.39, 0.29) is 25.2 Å². The fraction of sp³-hybridized carbons (Fsp3) is 0.364. The molecule has 0 saturated heterocycles. The molecular formula is C11H14N2O4S. The van der Waals surface area contributed by atoms with E-state index in [1.165, 1.54) is 11.3 Å². The number of aliphatic carboxylic acids is 1. The van der Waals surface area contributed by atoms with Gasteiger partial charge in [-0.2, -0.15) is 0 Å². The van der Waals surface area contributed by atoms with Crippen LogP contribution < -0.4 is 10.9 Å². The van der Waals surface area contributed by atoms with Gasteiger partial charge in [0, 0.05) is 23.1 Å². The molecule has 0 spiro atoms. The number of thiophene rings is 1. The second kappa shape index (κ2) is 6.75. The first-order valence-electron chi connectivity index (χ1n) is 5.35. The van der Waals surface area contributed by atoms with Crippen molar-refractivity contribution in [1.29, 1.82) is 0 Å². The van der Waals surface area contributed by atoms with Crippen molar-refractivity contribution in [2.75, 3.05) is 0 Å². The van der Waals surface area contributed by atoms with Crippen LogP contribution in [-0.2, 0) is 9.59 Å². The third kappa shape index (κ3) is 4.96. The molecule has 3 N–H and O–H groups in total. The molecule has 0 radical (unpaired) electrons. The van der Waals surface area contributed by atoms with Gasteiger partial charge in [0.1, 0.15) is 0 Å². The number of hydrazine groups is 1. The molecule has 1 aromatic heterocycles. The van der Waals surface area contributed by atoms with Crippen LogP contribution in [0.3, 0.4) is 0 Å². The number of carbonyl (C=O) groups excluding carboxylic acids is 2. The van der Waals surface area contributed by atoms with Gasteiger partial charge < -0.3 is 5.11 Å². The fourth-order valence-electron chi connectivity index (χ4n) is 1.22. The monoisotopic (exact) mass is 270 g/mol. The minimum Gasteiger partial charge on any atom is -0.481 e. The van der Waals surface area contributed by atoms with Gasteiger partial charge in [0.05, 0.1) is 5.56 Å². The highest BCUT2D eigenvalue weighted by Gasteiger charge is 2.09. The molecule has 0 aliphatic rings. The molecule has 98 valence electrons. The van der Waals surface area contributed by atoms with E-state index < -0.39 is 11.9 Å². The van der Waals surface area contributed by atoms with Crippen molar-refractivity contribution in [2.45, 2.75) is 26.2 Å². The number of carboxylic acid groups (broad SMARTS) is 1.